The van der Waals surface area contributed by atoms with Gasteiger partial charge in [0.1, 0.15) is 23.9 Å². The number of ketones is 1. The number of amides is 2. The molecule has 0 spiro atoms. The molecule has 0 aromatic rings. The van der Waals surface area contributed by atoms with E-state index < -0.39 is 60.7 Å². The van der Waals surface area contributed by atoms with Gasteiger partial charge in [-0.3, -0.25) is 20.2 Å². The maximum absolute atomic E-state index is 13.8. The lowest BCUT2D eigenvalue weighted by Crippen LogP contribution is -2.76. The van der Waals surface area contributed by atoms with Crippen molar-refractivity contribution in [2.45, 2.75) is 231 Å². The van der Waals surface area contributed by atoms with E-state index in [4.69, 9.17) is 15.2 Å². The van der Waals surface area contributed by atoms with Crippen LogP contribution in [0.2, 0.25) is 0 Å². The van der Waals surface area contributed by atoms with E-state index >= 15 is 0 Å². The molecule has 1 saturated heterocycles. The van der Waals surface area contributed by atoms with E-state index in [0.29, 0.717) is 12.8 Å². The van der Waals surface area contributed by atoms with Crippen LogP contribution >= 0.6 is 0 Å². The molecule has 316 valence electrons. The van der Waals surface area contributed by atoms with Gasteiger partial charge in [0.2, 0.25) is 11.8 Å². The highest BCUT2D eigenvalue weighted by atomic mass is 16.6. The smallest absolute Gasteiger partial charge is 0.408 e. The van der Waals surface area contributed by atoms with Gasteiger partial charge in [0, 0.05) is 19.4 Å². The highest BCUT2D eigenvalue weighted by molar-refractivity contribution is 5.84. The quantitative estimate of drug-likeness (QED) is 0.0264. The van der Waals surface area contributed by atoms with Crippen LogP contribution < -0.4 is 11.1 Å². The number of nitrogens with one attached hydrogen (secondary N) is 1. The first-order chi connectivity index (χ1) is 25.8. The Bertz CT molecular complexity index is 1030. The highest BCUT2D eigenvalue weighted by Crippen LogP contribution is 2.32. The summed E-state index contributed by atoms with van der Waals surface area (Å²) in [5.41, 5.74) is 5.94. The molecule has 11 nitrogen and oxygen atoms in total. The van der Waals surface area contributed by atoms with Crippen LogP contribution in [0, 0.1) is 0 Å². The molecule has 1 aliphatic heterocycles. The topological polar surface area (TPSA) is 172 Å². The van der Waals surface area contributed by atoms with Crippen LogP contribution in [0.5, 0.6) is 0 Å². The lowest BCUT2D eigenvalue weighted by atomic mass is 9.91. The van der Waals surface area contributed by atoms with E-state index in [0.717, 1.165) is 57.8 Å². The fourth-order valence-electron chi connectivity index (χ4n) is 6.93. The van der Waals surface area contributed by atoms with Crippen molar-refractivity contribution in [3.05, 3.63) is 12.2 Å². The first-order valence-corrected chi connectivity index (χ1v) is 21.7. The van der Waals surface area contributed by atoms with Crippen molar-refractivity contribution < 1.29 is 39.2 Å². The summed E-state index contributed by atoms with van der Waals surface area (Å²) in [6.45, 7) is 9.38. The average molecular weight is 768 g/mol. The van der Waals surface area contributed by atoms with Crippen molar-refractivity contribution in [2.75, 3.05) is 13.1 Å². The molecule has 1 aliphatic rings. The minimum Gasteiger partial charge on any atom is -0.444 e. The first kappa shape index (κ1) is 50.0. The third kappa shape index (κ3) is 21.9. The van der Waals surface area contributed by atoms with Gasteiger partial charge in [-0.25, -0.2) is 4.79 Å². The van der Waals surface area contributed by atoms with E-state index in [2.05, 4.69) is 31.3 Å². The molecule has 1 heterocycles. The van der Waals surface area contributed by atoms with E-state index in [-0.39, 0.29) is 18.9 Å². The molecular weight excluding hydrogens is 686 g/mol. The Morgan fingerprint density at radius 3 is 1.69 bits per heavy atom. The minimum atomic E-state index is -2.15. The van der Waals surface area contributed by atoms with Crippen LogP contribution in [0.4, 0.5) is 4.79 Å². The zero-order chi connectivity index (χ0) is 40.2. The number of unbranched alkanes of at least 4 members (excludes halogenated alkanes) is 20. The van der Waals surface area contributed by atoms with E-state index in [1.807, 2.05) is 0 Å². The SMILES string of the molecule is CCCCCCCC/C=C\CCCCCCCC(=O)N(CCCCCCCCCCCC)[C@]1(N)O[C@H](CC(=O)CNC(=O)OC(C)(C)C)[C@@H](O)[C@H](O)[C@H]1O. The number of aliphatic hydroxyl groups excluding tert-OH is 3. The Morgan fingerprint density at radius 1 is 0.722 bits per heavy atom. The molecule has 1 rings (SSSR count). The molecule has 0 radical (unpaired) electrons. The van der Waals surface area contributed by atoms with Crippen molar-refractivity contribution in [1.29, 1.82) is 0 Å². The summed E-state index contributed by atoms with van der Waals surface area (Å²) in [6.07, 6.45) is 23.0. The molecule has 0 aromatic heterocycles. The number of aliphatic hydroxyl groups is 3. The van der Waals surface area contributed by atoms with Crippen LogP contribution in [0.1, 0.15) is 195 Å². The number of hydrogen-bond acceptors (Lipinski definition) is 9. The molecule has 0 bridgehead atoms. The molecular formula is C43H81N3O8. The second-order valence-corrected chi connectivity index (χ2v) is 16.5. The van der Waals surface area contributed by atoms with Gasteiger partial charge in [-0.2, -0.15) is 0 Å². The normalized spacial score (nSPS) is 21.7. The molecule has 6 N–H and O–H groups in total. The van der Waals surface area contributed by atoms with Gasteiger partial charge in [0.05, 0.1) is 12.6 Å². The van der Waals surface area contributed by atoms with Crippen molar-refractivity contribution in [1.82, 2.24) is 10.2 Å². The van der Waals surface area contributed by atoms with Crippen molar-refractivity contribution in [2.24, 2.45) is 5.73 Å². The standard InChI is InChI=1S/C43H81N3O8/c1-6-8-10-12-14-16-18-19-20-21-22-23-25-27-29-31-37(48)46(32-30-28-26-24-17-15-13-11-9-7-2)43(44)40(51)39(50)38(49)36(53-43)33-35(47)34-45-41(52)54-42(3,4)5/h19-20,36,38-40,49-51H,6-18,21-34,44H2,1-5H3,(H,45,52)/b20-19-/t36-,38-,39+,40-,43+/m1/s1. The number of nitrogens with zero attached hydrogens (tertiary/aromatic N) is 1. The fourth-order valence-corrected chi connectivity index (χ4v) is 6.93. The molecule has 1 fully saturated rings. The molecule has 5 atom stereocenters. The van der Waals surface area contributed by atoms with Gasteiger partial charge in [-0.05, 0) is 59.3 Å². The largest absolute Gasteiger partial charge is 0.444 e. The summed E-state index contributed by atoms with van der Waals surface area (Å²) >= 11 is 0. The number of rotatable bonds is 31. The van der Waals surface area contributed by atoms with E-state index in [1.165, 1.54) is 81.9 Å². The zero-order valence-corrected chi connectivity index (χ0v) is 35.0. The lowest BCUT2D eigenvalue weighted by Gasteiger charge is -2.51. The number of carbonyl (C=O) groups excluding carboxylic acids is 3. The van der Waals surface area contributed by atoms with Crippen molar-refractivity contribution >= 4 is 17.8 Å². The Balaban J connectivity index is 2.76. The molecule has 0 aromatic carbocycles. The third-order valence-corrected chi connectivity index (χ3v) is 10.2. The average Bonchev–Trinajstić information content (AvgIpc) is 3.12. The number of allylic oxidation sites excluding steroid dienone is 2. The first-order valence-electron chi connectivity index (χ1n) is 21.7. The third-order valence-electron chi connectivity index (χ3n) is 10.2. The molecule has 0 unspecified atom stereocenters. The van der Waals surface area contributed by atoms with Crippen LogP contribution in [0.15, 0.2) is 12.2 Å². The summed E-state index contributed by atoms with van der Waals surface area (Å²) in [7, 11) is 0. The number of nitrogens with two attached hydrogens (primary N) is 1. The Labute approximate surface area is 328 Å². The maximum Gasteiger partial charge on any atom is 0.408 e. The lowest BCUT2D eigenvalue weighted by molar-refractivity contribution is -0.308. The number of Topliss-reactive ketones (excluding diaryl/α,β-unsaturated/α-hetero) is 1. The van der Waals surface area contributed by atoms with Gasteiger partial charge in [0.15, 0.2) is 5.78 Å². The predicted molar refractivity (Wildman–Crippen MR) is 217 cm³/mol. The molecule has 2 amide bonds. The predicted octanol–water partition coefficient (Wildman–Crippen LogP) is 8.35. The van der Waals surface area contributed by atoms with Gasteiger partial charge in [-0.1, -0.05) is 135 Å². The van der Waals surface area contributed by atoms with Crippen molar-refractivity contribution in [3.8, 4) is 0 Å². The highest BCUT2D eigenvalue weighted by Gasteiger charge is 2.55. The summed E-state index contributed by atoms with van der Waals surface area (Å²) < 4.78 is 11.2. The summed E-state index contributed by atoms with van der Waals surface area (Å²) in [5, 5.41) is 35.3. The summed E-state index contributed by atoms with van der Waals surface area (Å²) in [6, 6.07) is 0. The fraction of sp³-hybridized carbons (Fsp3) is 0.884. The molecule has 0 aliphatic carbocycles. The second kappa shape index (κ2) is 29.2. The number of ether oxygens (including phenoxy) is 2. The van der Waals surface area contributed by atoms with Gasteiger partial charge in [-0.15, -0.1) is 0 Å². The zero-order valence-electron chi connectivity index (χ0n) is 35.0. The summed E-state index contributed by atoms with van der Waals surface area (Å²) in [4.78, 5) is 40.0. The van der Waals surface area contributed by atoms with Crippen LogP contribution in [-0.4, -0.2) is 87.0 Å². The monoisotopic (exact) mass is 768 g/mol. The second-order valence-electron chi connectivity index (χ2n) is 16.5. The van der Waals surface area contributed by atoms with Crippen LogP contribution in [0.25, 0.3) is 0 Å². The Hall–Kier alpha value is -2.05. The minimum absolute atomic E-state index is 0.201. The van der Waals surface area contributed by atoms with E-state index in [1.54, 1.807) is 20.8 Å². The van der Waals surface area contributed by atoms with Gasteiger partial charge in [0.25, 0.3) is 0 Å². The van der Waals surface area contributed by atoms with Gasteiger partial charge < -0.3 is 30.1 Å². The number of alkyl carbamates (subject to hydrolysis) is 1. The van der Waals surface area contributed by atoms with Crippen molar-refractivity contribution in [3.63, 3.8) is 0 Å². The summed E-state index contributed by atoms with van der Waals surface area (Å²) in [5.74, 6) is -2.96. The molecule has 54 heavy (non-hydrogen) atoms. The Kier molecular flexibility index (Phi) is 27.0. The van der Waals surface area contributed by atoms with Crippen LogP contribution in [-0.2, 0) is 19.1 Å². The van der Waals surface area contributed by atoms with Crippen LogP contribution in [0.3, 0.4) is 0 Å². The molecule has 0 saturated carbocycles. The number of carbonyl (C=O) groups is 3. The maximum atomic E-state index is 13.8. The molecule has 11 heteroatoms. The number of hydrogen-bond donors (Lipinski definition) is 5. The van der Waals surface area contributed by atoms with Gasteiger partial charge >= 0.3 is 6.09 Å². The Morgan fingerprint density at radius 2 is 1.19 bits per heavy atom. The van der Waals surface area contributed by atoms with E-state index in [9.17, 15) is 29.7 Å².